The van der Waals surface area contributed by atoms with Crippen LogP contribution in [0.15, 0.2) is 48.8 Å². The minimum atomic E-state index is -0.0747. The van der Waals surface area contributed by atoms with Gasteiger partial charge >= 0.3 is 0 Å². The quantitative estimate of drug-likeness (QED) is 0.767. The van der Waals surface area contributed by atoms with E-state index in [1.54, 1.807) is 0 Å². The molecule has 1 N–H and O–H groups in total. The van der Waals surface area contributed by atoms with Crippen LogP contribution in [0, 0.1) is 5.41 Å². The Balaban J connectivity index is 2.11. The standard InChI is InChI=1S/C22H30N2O/c1-7-22(5,6)24-14-8-9-19(16-24)23-20(25)18-12-10-17(11-13-18)15-21(2,3)4/h8-14,16H,7,15H2,1-6H3/p+1. The highest BCUT2D eigenvalue weighted by Gasteiger charge is 2.25. The first-order valence-electron chi connectivity index (χ1n) is 9.03. The number of rotatable bonds is 5. The molecule has 0 unspecified atom stereocenters. The van der Waals surface area contributed by atoms with Crippen molar-refractivity contribution in [3.63, 3.8) is 0 Å². The van der Waals surface area contributed by atoms with Crippen molar-refractivity contribution in [2.24, 2.45) is 5.41 Å². The third-order valence-electron chi connectivity index (χ3n) is 4.57. The summed E-state index contributed by atoms with van der Waals surface area (Å²) in [5.41, 5.74) is 3.02. The van der Waals surface area contributed by atoms with Crippen LogP contribution >= 0.6 is 0 Å². The number of amides is 1. The van der Waals surface area contributed by atoms with Crippen LogP contribution in [0.1, 0.15) is 63.9 Å². The van der Waals surface area contributed by atoms with Crippen molar-refractivity contribution < 1.29 is 9.36 Å². The number of carbonyl (C=O) groups is 1. The molecule has 1 aromatic carbocycles. The van der Waals surface area contributed by atoms with Gasteiger partial charge in [0.25, 0.3) is 5.91 Å². The van der Waals surface area contributed by atoms with Crippen molar-refractivity contribution in [2.45, 2.75) is 59.9 Å². The lowest BCUT2D eigenvalue weighted by atomic mass is 9.88. The summed E-state index contributed by atoms with van der Waals surface area (Å²) in [6, 6.07) is 11.8. The van der Waals surface area contributed by atoms with Gasteiger partial charge in [-0.1, -0.05) is 39.8 Å². The lowest BCUT2D eigenvalue weighted by Gasteiger charge is -2.18. The highest BCUT2D eigenvalue weighted by Crippen LogP contribution is 2.21. The Labute approximate surface area is 152 Å². The van der Waals surface area contributed by atoms with E-state index >= 15 is 0 Å². The summed E-state index contributed by atoms with van der Waals surface area (Å²) in [4.78, 5) is 12.5. The largest absolute Gasteiger partial charge is 0.317 e. The van der Waals surface area contributed by atoms with Gasteiger partial charge in [0, 0.05) is 31.9 Å². The highest BCUT2D eigenvalue weighted by atomic mass is 16.1. The van der Waals surface area contributed by atoms with E-state index in [0.717, 1.165) is 18.5 Å². The lowest BCUT2D eigenvalue weighted by Crippen LogP contribution is -2.51. The first-order valence-corrected chi connectivity index (χ1v) is 9.03. The molecule has 25 heavy (non-hydrogen) atoms. The van der Waals surface area contributed by atoms with Crippen LogP contribution in [0.2, 0.25) is 0 Å². The van der Waals surface area contributed by atoms with Crippen LogP contribution in [-0.4, -0.2) is 5.91 Å². The van der Waals surface area contributed by atoms with E-state index in [4.69, 9.17) is 0 Å². The molecule has 2 rings (SSSR count). The molecule has 0 bridgehead atoms. The fourth-order valence-electron chi connectivity index (χ4n) is 2.70. The van der Waals surface area contributed by atoms with E-state index in [2.05, 4.69) is 51.4 Å². The minimum Gasteiger partial charge on any atom is -0.317 e. The summed E-state index contributed by atoms with van der Waals surface area (Å²) >= 11 is 0. The van der Waals surface area contributed by atoms with Gasteiger partial charge in [-0.05, 0) is 35.6 Å². The topological polar surface area (TPSA) is 33.0 Å². The van der Waals surface area contributed by atoms with Crippen molar-refractivity contribution in [3.8, 4) is 0 Å². The summed E-state index contributed by atoms with van der Waals surface area (Å²) in [7, 11) is 0. The maximum Gasteiger partial charge on any atom is 0.255 e. The molecule has 0 fully saturated rings. The molecular formula is C22H31N2O+. The number of pyridine rings is 1. The molecule has 0 saturated heterocycles. The molecule has 0 aliphatic carbocycles. The van der Waals surface area contributed by atoms with E-state index < -0.39 is 0 Å². The number of benzene rings is 1. The maximum absolute atomic E-state index is 12.5. The zero-order chi connectivity index (χ0) is 18.7. The first-order chi connectivity index (χ1) is 11.6. The molecule has 3 heteroatoms. The van der Waals surface area contributed by atoms with Gasteiger partial charge in [0.05, 0.1) is 0 Å². The van der Waals surface area contributed by atoms with Gasteiger partial charge in [-0.15, -0.1) is 0 Å². The fraction of sp³-hybridized carbons (Fsp3) is 0.455. The molecule has 0 atom stereocenters. The normalized spacial score (nSPS) is 12.1. The molecule has 1 heterocycles. The summed E-state index contributed by atoms with van der Waals surface area (Å²) < 4.78 is 2.15. The molecule has 134 valence electrons. The number of nitrogens with one attached hydrogen (secondary N) is 1. The Hall–Kier alpha value is -2.16. The Bertz CT molecular complexity index is 724. The number of hydrogen-bond acceptors (Lipinski definition) is 1. The highest BCUT2D eigenvalue weighted by molar-refractivity contribution is 6.04. The van der Waals surface area contributed by atoms with Gasteiger partial charge in [0.15, 0.2) is 17.9 Å². The van der Waals surface area contributed by atoms with Gasteiger partial charge in [-0.3, -0.25) is 4.79 Å². The molecule has 0 aliphatic rings. The van der Waals surface area contributed by atoms with Gasteiger partial charge in [0.1, 0.15) is 5.69 Å². The minimum absolute atomic E-state index is 0.0232. The second-order valence-electron chi connectivity index (χ2n) is 8.55. The van der Waals surface area contributed by atoms with Gasteiger partial charge in [0.2, 0.25) is 0 Å². The van der Waals surface area contributed by atoms with Crippen LogP contribution in [0.25, 0.3) is 0 Å². The van der Waals surface area contributed by atoms with Crippen molar-refractivity contribution in [3.05, 3.63) is 59.9 Å². The monoisotopic (exact) mass is 339 g/mol. The van der Waals surface area contributed by atoms with Crippen LogP contribution < -0.4 is 9.88 Å². The third kappa shape index (κ3) is 5.42. The SMILES string of the molecule is CCC(C)(C)[n+]1cccc(NC(=O)c2ccc(CC(C)(C)C)cc2)c1. The summed E-state index contributed by atoms with van der Waals surface area (Å²) in [6.07, 6.45) is 6.06. The fourth-order valence-corrected chi connectivity index (χ4v) is 2.70. The predicted molar refractivity (Wildman–Crippen MR) is 104 cm³/mol. The Morgan fingerprint density at radius 1 is 1.04 bits per heavy atom. The molecule has 1 aromatic heterocycles. The van der Waals surface area contributed by atoms with Crippen LogP contribution in [-0.2, 0) is 12.0 Å². The van der Waals surface area contributed by atoms with Gasteiger partial charge in [-0.25, -0.2) is 0 Å². The molecule has 0 spiro atoms. The van der Waals surface area contributed by atoms with E-state index in [-0.39, 0.29) is 16.9 Å². The molecule has 0 saturated carbocycles. The van der Waals surface area contributed by atoms with Gasteiger partial charge < -0.3 is 5.32 Å². The molecule has 3 nitrogen and oxygen atoms in total. The van der Waals surface area contributed by atoms with Crippen molar-refractivity contribution in [2.75, 3.05) is 5.32 Å². The predicted octanol–water partition coefficient (Wildman–Crippen LogP) is 4.96. The first kappa shape index (κ1) is 19.2. The van der Waals surface area contributed by atoms with E-state index in [9.17, 15) is 4.79 Å². The van der Waals surface area contributed by atoms with Crippen molar-refractivity contribution in [1.29, 1.82) is 0 Å². The number of nitrogens with zero attached hydrogens (tertiary/aromatic N) is 1. The van der Waals surface area contributed by atoms with E-state index in [0.29, 0.717) is 5.56 Å². The van der Waals surface area contributed by atoms with Crippen LogP contribution in [0.4, 0.5) is 5.69 Å². The average Bonchev–Trinajstić information content (AvgIpc) is 2.54. The second kappa shape index (κ2) is 7.38. The summed E-state index contributed by atoms with van der Waals surface area (Å²) in [5, 5.41) is 3.00. The second-order valence-corrected chi connectivity index (χ2v) is 8.55. The molecule has 0 radical (unpaired) electrons. The third-order valence-corrected chi connectivity index (χ3v) is 4.57. The molecule has 0 aliphatic heterocycles. The zero-order valence-corrected chi connectivity index (χ0v) is 16.4. The number of carbonyl (C=O) groups excluding carboxylic acids is 1. The number of aromatic nitrogens is 1. The smallest absolute Gasteiger partial charge is 0.255 e. The molecular weight excluding hydrogens is 308 g/mol. The Morgan fingerprint density at radius 3 is 2.24 bits per heavy atom. The maximum atomic E-state index is 12.5. The Kier molecular flexibility index (Phi) is 5.66. The number of anilines is 1. The average molecular weight is 340 g/mol. The van der Waals surface area contributed by atoms with Crippen molar-refractivity contribution in [1.82, 2.24) is 0 Å². The number of hydrogen-bond donors (Lipinski definition) is 1. The summed E-state index contributed by atoms with van der Waals surface area (Å²) in [6.45, 7) is 13.2. The summed E-state index contributed by atoms with van der Waals surface area (Å²) in [5.74, 6) is -0.0747. The Morgan fingerprint density at radius 2 is 1.68 bits per heavy atom. The van der Waals surface area contributed by atoms with E-state index in [1.165, 1.54) is 5.56 Å². The molecule has 1 amide bonds. The zero-order valence-electron chi connectivity index (χ0n) is 16.4. The van der Waals surface area contributed by atoms with Crippen molar-refractivity contribution >= 4 is 11.6 Å². The van der Waals surface area contributed by atoms with Crippen LogP contribution in [0.3, 0.4) is 0 Å². The lowest BCUT2D eigenvalue weighted by molar-refractivity contribution is -0.757. The molecule has 2 aromatic rings. The van der Waals surface area contributed by atoms with E-state index in [1.807, 2.05) is 48.8 Å². The van der Waals surface area contributed by atoms with Gasteiger partial charge in [-0.2, -0.15) is 4.57 Å². The van der Waals surface area contributed by atoms with Crippen LogP contribution in [0.5, 0.6) is 0 Å².